The molecule has 2 fully saturated rings. The summed E-state index contributed by atoms with van der Waals surface area (Å²) in [7, 11) is -3.60. The maximum absolute atomic E-state index is 13.0. The van der Waals surface area contributed by atoms with Gasteiger partial charge in [-0.25, -0.2) is 8.42 Å². The highest BCUT2D eigenvalue weighted by Crippen LogP contribution is 2.50. The Labute approximate surface area is 194 Å². The minimum atomic E-state index is -3.60. The van der Waals surface area contributed by atoms with Crippen molar-refractivity contribution >= 4 is 27.6 Å². The average molecular weight is 469 g/mol. The monoisotopic (exact) mass is 468 g/mol. The number of carbonyl (C=O) groups excluding carboxylic acids is 2. The van der Waals surface area contributed by atoms with E-state index >= 15 is 0 Å². The van der Waals surface area contributed by atoms with Crippen LogP contribution in [0.1, 0.15) is 24.8 Å². The van der Waals surface area contributed by atoms with Crippen LogP contribution in [0.3, 0.4) is 0 Å². The molecular formula is C25H28N2O5S. The second-order valence-corrected chi connectivity index (χ2v) is 10.6. The van der Waals surface area contributed by atoms with Gasteiger partial charge in [0.05, 0.1) is 4.90 Å². The van der Waals surface area contributed by atoms with Crippen LogP contribution in [0, 0.1) is 17.8 Å². The van der Waals surface area contributed by atoms with Crippen LogP contribution < -0.4 is 5.32 Å². The second-order valence-electron chi connectivity index (χ2n) is 8.64. The zero-order valence-corrected chi connectivity index (χ0v) is 19.2. The summed E-state index contributed by atoms with van der Waals surface area (Å²) in [4.78, 5) is 23.8. The lowest BCUT2D eigenvalue weighted by Gasteiger charge is -2.17. The van der Waals surface area contributed by atoms with E-state index in [0.717, 1.165) is 24.5 Å². The van der Waals surface area contributed by atoms with E-state index in [1.54, 1.807) is 12.1 Å². The predicted octanol–water partition coefficient (Wildman–Crippen LogP) is 3.59. The van der Waals surface area contributed by atoms with Crippen LogP contribution in [0.2, 0.25) is 0 Å². The number of rotatable bonds is 9. The highest BCUT2D eigenvalue weighted by molar-refractivity contribution is 7.89. The Morgan fingerprint density at radius 1 is 1.12 bits per heavy atom. The SMILES string of the molecule is C=CC(=O)Nc1ccc(S(=O)(=O)N2CCC(C3CC3CC(=O)OCc3ccccc3)C2)cc1. The lowest BCUT2D eigenvalue weighted by Crippen LogP contribution is -2.29. The van der Waals surface area contributed by atoms with Crippen molar-refractivity contribution < 1.29 is 22.7 Å². The number of benzene rings is 2. The van der Waals surface area contributed by atoms with Crippen LogP contribution in [-0.2, 0) is 31.0 Å². The molecule has 8 heteroatoms. The van der Waals surface area contributed by atoms with Crippen LogP contribution in [-0.4, -0.2) is 37.7 Å². The van der Waals surface area contributed by atoms with Crippen molar-refractivity contribution in [2.75, 3.05) is 18.4 Å². The number of carbonyl (C=O) groups is 2. The summed E-state index contributed by atoms with van der Waals surface area (Å²) in [5.41, 5.74) is 1.48. The first-order valence-electron chi connectivity index (χ1n) is 11.1. The van der Waals surface area contributed by atoms with Gasteiger partial charge in [0, 0.05) is 25.2 Å². The van der Waals surface area contributed by atoms with Gasteiger partial charge in [0.1, 0.15) is 6.61 Å². The molecule has 0 radical (unpaired) electrons. The van der Waals surface area contributed by atoms with Crippen LogP contribution in [0.5, 0.6) is 0 Å². The Hall–Kier alpha value is -2.97. The van der Waals surface area contributed by atoms with Gasteiger partial charge < -0.3 is 10.1 Å². The van der Waals surface area contributed by atoms with Crippen LogP contribution >= 0.6 is 0 Å². The van der Waals surface area contributed by atoms with Crippen molar-refractivity contribution in [3.8, 4) is 0 Å². The molecule has 174 valence electrons. The standard InChI is InChI=1S/C25H28N2O5S/c1-2-24(28)26-21-8-10-22(11-9-21)33(30,31)27-13-12-19(16-27)23-14-20(23)15-25(29)32-17-18-6-4-3-5-7-18/h2-11,19-20,23H,1,12-17H2,(H,26,28). The van der Waals surface area contributed by atoms with E-state index in [4.69, 9.17) is 4.74 Å². The Morgan fingerprint density at radius 2 is 1.85 bits per heavy atom. The van der Waals surface area contributed by atoms with E-state index in [0.29, 0.717) is 31.1 Å². The maximum atomic E-state index is 13.0. The molecular weight excluding hydrogens is 440 g/mol. The first-order valence-corrected chi connectivity index (χ1v) is 12.5. The molecule has 4 rings (SSSR count). The summed E-state index contributed by atoms with van der Waals surface area (Å²) in [6.07, 6.45) is 3.28. The Kier molecular flexibility index (Phi) is 6.95. The van der Waals surface area contributed by atoms with Crippen molar-refractivity contribution in [2.24, 2.45) is 17.8 Å². The van der Waals surface area contributed by atoms with E-state index in [2.05, 4.69) is 11.9 Å². The maximum Gasteiger partial charge on any atom is 0.306 e. The normalized spacial score (nSPS) is 22.5. The fourth-order valence-corrected chi connectivity index (χ4v) is 5.98. The zero-order valence-electron chi connectivity index (χ0n) is 18.4. The number of nitrogens with zero attached hydrogens (tertiary/aromatic N) is 1. The molecule has 2 aromatic carbocycles. The minimum Gasteiger partial charge on any atom is -0.461 e. The fourth-order valence-electron chi connectivity index (χ4n) is 4.47. The van der Waals surface area contributed by atoms with Crippen LogP contribution in [0.15, 0.2) is 72.1 Å². The van der Waals surface area contributed by atoms with Gasteiger partial charge in [-0.1, -0.05) is 36.9 Å². The van der Waals surface area contributed by atoms with Crippen LogP contribution in [0.25, 0.3) is 0 Å². The number of hydrogen-bond donors (Lipinski definition) is 1. The average Bonchev–Trinajstić information content (AvgIpc) is 3.39. The fraction of sp³-hybridized carbons (Fsp3) is 0.360. The number of anilines is 1. The van der Waals surface area contributed by atoms with Gasteiger partial charge in [-0.05, 0) is 66.5 Å². The molecule has 1 N–H and O–H groups in total. The highest BCUT2D eigenvalue weighted by Gasteiger charge is 2.47. The molecule has 1 aliphatic heterocycles. The third-order valence-electron chi connectivity index (χ3n) is 6.39. The number of esters is 1. The molecule has 1 amide bonds. The van der Waals surface area contributed by atoms with Crippen molar-refractivity contribution in [3.05, 3.63) is 72.8 Å². The van der Waals surface area contributed by atoms with Gasteiger partial charge in [0.25, 0.3) is 0 Å². The lowest BCUT2D eigenvalue weighted by atomic mass is 10.0. The van der Waals surface area contributed by atoms with Crippen molar-refractivity contribution in [1.29, 1.82) is 0 Å². The predicted molar refractivity (Wildman–Crippen MR) is 125 cm³/mol. The topological polar surface area (TPSA) is 92.8 Å². The molecule has 1 saturated carbocycles. The van der Waals surface area contributed by atoms with Crippen LogP contribution in [0.4, 0.5) is 5.69 Å². The van der Waals surface area contributed by atoms with Gasteiger partial charge in [0.2, 0.25) is 15.9 Å². The first kappa shape index (κ1) is 23.2. The molecule has 2 aliphatic rings. The Bertz CT molecular complexity index is 1120. The molecule has 0 aromatic heterocycles. The van der Waals surface area contributed by atoms with E-state index in [9.17, 15) is 18.0 Å². The third-order valence-corrected chi connectivity index (χ3v) is 8.27. The molecule has 0 spiro atoms. The minimum absolute atomic E-state index is 0.197. The van der Waals surface area contributed by atoms with Crippen molar-refractivity contribution in [2.45, 2.75) is 30.8 Å². The van der Waals surface area contributed by atoms with Gasteiger partial charge in [-0.2, -0.15) is 4.31 Å². The number of amides is 1. The van der Waals surface area contributed by atoms with Gasteiger partial charge in [-0.15, -0.1) is 0 Å². The van der Waals surface area contributed by atoms with E-state index in [1.807, 2.05) is 30.3 Å². The summed E-state index contributed by atoms with van der Waals surface area (Å²) in [5, 5.41) is 2.61. The molecule has 1 aliphatic carbocycles. The highest BCUT2D eigenvalue weighted by atomic mass is 32.2. The molecule has 33 heavy (non-hydrogen) atoms. The first-order chi connectivity index (χ1) is 15.9. The molecule has 3 atom stereocenters. The van der Waals surface area contributed by atoms with Crippen molar-refractivity contribution in [1.82, 2.24) is 4.31 Å². The molecule has 2 aromatic rings. The molecule has 1 heterocycles. The number of hydrogen-bond acceptors (Lipinski definition) is 5. The Balaban J connectivity index is 1.26. The molecule has 7 nitrogen and oxygen atoms in total. The van der Waals surface area contributed by atoms with Gasteiger partial charge in [-0.3, -0.25) is 9.59 Å². The molecule has 3 unspecified atom stereocenters. The van der Waals surface area contributed by atoms with E-state index < -0.39 is 10.0 Å². The second kappa shape index (κ2) is 9.89. The summed E-state index contributed by atoms with van der Waals surface area (Å²) in [5.74, 6) is 0.353. The number of ether oxygens (including phenoxy) is 1. The van der Waals surface area contributed by atoms with Crippen molar-refractivity contribution in [3.63, 3.8) is 0 Å². The summed E-state index contributed by atoms with van der Waals surface area (Å²) >= 11 is 0. The largest absolute Gasteiger partial charge is 0.461 e. The smallest absolute Gasteiger partial charge is 0.306 e. The molecule has 0 bridgehead atoms. The third kappa shape index (κ3) is 5.69. The van der Waals surface area contributed by atoms with Gasteiger partial charge in [0.15, 0.2) is 0 Å². The summed E-state index contributed by atoms with van der Waals surface area (Å²) in [6, 6.07) is 15.7. The number of sulfonamides is 1. The van der Waals surface area contributed by atoms with Gasteiger partial charge >= 0.3 is 5.97 Å². The summed E-state index contributed by atoms with van der Waals surface area (Å²) in [6.45, 7) is 4.62. The van der Waals surface area contributed by atoms with E-state index in [1.165, 1.54) is 16.4 Å². The summed E-state index contributed by atoms with van der Waals surface area (Å²) < 4.78 is 33.0. The van der Waals surface area contributed by atoms with E-state index in [-0.39, 0.29) is 35.2 Å². The quantitative estimate of drug-likeness (QED) is 0.448. The zero-order chi connectivity index (χ0) is 23.4. The molecule has 1 saturated heterocycles. The lowest BCUT2D eigenvalue weighted by molar-refractivity contribution is -0.145. The number of nitrogens with one attached hydrogen (secondary N) is 1. The Morgan fingerprint density at radius 3 is 2.55 bits per heavy atom.